The first-order chi connectivity index (χ1) is 18.5. The number of carbonyl (C=O) groups is 2. The van der Waals surface area contributed by atoms with Crippen LogP contribution < -0.4 is 10.0 Å². The maximum Gasteiger partial charge on any atom is 0.417 e. The fraction of sp³-hybridized carbons (Fsp3) is 0.600. The Morgan fingerprint density at radius 3 is 2.27 bits per heavy atom. The van der Waals surface area contributed by atoms with Gasteiger partial charge in [0.15, 0.2) is 0 Å². The lowest BCUT2D eigenvalue weighted by Gasteiger charge is -2.25. The predicted octanol–water partition coefficient (Wildman–Crippen LogP) is 7.69. The number of amides is 1. The first-order valence-electron chi connectivity index (χ1n) is 13.8. The second kappa shape index (κ2) is 12.6. The van der Waals surface area contributed by atoms with Gasteiger partial charge >= 0.3 is 12.1 Å². The number of alkyl halides is 3. The predicted molar refractivity (Wildman–Crippen MR) is 153 cm³/mol. The van der Waals surface area contributed by atoms with E-state index < -0.39 is 23.1 Å². The summed E-state index contributed by atoms with van der Waals surface area (Å²) in [6, 6.07) is 6.03. The Morgan fingerprint density at radius 1 is 1.05 bits per heavy atom. The minimum atomic E-state index is -4.55. The molecule has 0 saturated heterocycles. The summed E-state index contributed by atoms with van der Waals surface area (Å²) in [6.07, 6.45) is 0.866. The largest absolute Gasteiger partial charge is 0.481 e. The van der Waals surface area contributed by atoms with Crippen LogP contribution in [0.1, 0.15) is 94.8 Å². The van der Waals surface area contributed by atoms with Gasteiger partial charge in [0.25, 0.3) is 5.91 Å². The molecular formula is C30H42F3N3O3S. The molecule has 3 N–H and O–H groups in total. The molecule has 2 aromatic rings. The van der Waals surface area contributed by atoms with Crippen LogP contribution in [0.3, 0.4) is 0 Å². The molecule has 3 rings (SSSR count). The molecule has 40 heavy (non-hydrogen) atoms. The zero-order valence-electron chi connectivity index (χ0n) is 24.3. The Bertz CT molecular complexity index is 1210. The Morgan fingerprint density at radius 2 is 1.70 bits per heavy atom. The van der Waals surface area contributed by atoms with Crippen molar-refractivity contribution in [1.29, 1.82) is 0 Å². The lowest BCUT2D eigenvalue weighted by atomic mass is 9.89. The van der Waals surface area contributed by atoms with Crippen LogP contribution in [-0.2, 0) is 17.5 Å². The molecule has 1 amide bonds. The maximum atomic E-state index is 14.2. The van der Waals surface area contributed by atoms with E-state index in [1.165, 1.54) is 18.6 Å². The molecule has 6 nitrogen and oxygen atoms in total. The Hall–Kier alpha value is -2.46. The van der Waals surface area contributed by atoms with E-state index in [9.17, 15) is 22.8 Å². The molecule has 0 bridgehead atoms. The monoisotopic (exact) mass is 581 g/mol. The smallest absolute Gasteiger partial charge is 0.417 e. The standard InChI is InChI=1S/C30H42F3N3O3S/c1-19-22(27(39)34-18-29(5,6)16-26(37)38)15-24(36(19)17-20-10-8-7-9-11-20)21-12-13-25(40-35-28(2,3)4)23(14-21)30(31,32)33/h12-15,20,35H,7-11,16-18H2,1-6H3,(H,34,39)(H,37,38). The molecular weight excluding hydrogens is 539 g/mol. The van der Waals surface area contributed by atoms with Crippen molar-refractivity contribution in [3.8, 4) is 11.3 Å². The first kappa shape index (κ1) is 32.1. The van der Waals surface area contributed by atoms with Crippen molar-refractivity contribution < 1.29 is 27.9 Å². The zero-order valence-corrected chi connectivity index (χ0v) is 25.1. The highest BCUT2D eigenvalue weighted by molar-refractivity contribution is 7.97. The number of aromatic nitrogens is 1. The first-order valence-corrected chi connectivity index (χ1v) is 14.6. The molecule has 1 fully saturated rings. The maximum absolute atomic E-state index is 14.2. The van der Waals surface area contributed by atoms with Crippen LogP contribution in [0, 0.1) is 18.3 Å². The SMILES string of the molecule is Cc1c(C(=O)NCC(C)(C)CC(=O)O)cc(-c2ccc(SNC(C)(C)C)c(C(F)(F)F)c2)n1CC1CCCCC1. The highest BCUT2D eigenvalue weighted by atomic mass is 32.2. The summed E-state index contributed by atoms with van der Waals surface area (Å²) in [5.74, 6) is -0.926. The zero-order chi connectivity index (χ0) is 29.9. The number of nitrogens with zero attached hydrogens (tertiary/aromatic N) is 1. The van der Waals surface area contributed by atoms with Crippen molar-refractivity contribution >= 4 is 23.8 Å². The van der Waals surface area contributed by atoms with Crippen molar-refractivity contribution in [3.63, 3.8) is 0 Å². The van der Waals surface area contributed by atoms with Gasteiger partial charge in [0.05, 0.1) is 17.5 Å². The van der Waals surface area contributed by atoms with E-state index in [2.05, 4.69) is 10.0 Å². The van der Waals surface area contributed by atoms with Crippen LogP contribution in [-0.4, -0.2) is 33.6 Å². The van der Waals surface area contributed by atoms with Crippen LogP contribution in [0.5, 0.6) is 0 Å². The van der Waals surface area contributed by atoms with Gasteiger partial charge in [-0.15, -0.1) is 0 Å². The quantitative estimate of drug-likeness (QED) is 0.251. The number of carboxylic acid groups (broad SMARTS) is 1. The van der Waals surface area contributed by atoms with Crippen molar-refractivity contribution in [2.45, 2.75) is 103 Å². The summed E-state index contributed by atoms with van der Waals surface area (Å²) < 4.78 is 47.6. The van der Waals surface area contributed by atoms with Gasteiger partial charge in [-0.05, 0) is 87.6 Å². The number of halogens is 3. The number of carboxylic acids is 1. The van der Waals surface area contributed by atoms with Gasteiger partial charge in [-0.1, -0.05) is 39.2 Å². The highest BCUT2D eigenvalue weighted by Gasteiger charge is 2.35. The third-order valence-electron chi connectivity index (χ3n) is 7.18. The van der Waals surface area contributed by atoms with E-state index in [0.717, 1.165) is 37.6 Å². The fourth-order valence-electron chi connectivity index (χ4n) is 5.07. The molecule has 0 spiro atoms. The average molecular weight is 582 g/mol. The normalized spacial score (nSPS) is 15.3. The van der Waals surface area contributed by atoms with Crippen LogP contribution >= 0.6 is 11.9 Å². The minimum Gasteiger partial charge on any atom is -0.481 e. The van der Waals surface area contributed by atoms with Crippen LogP contribution in [0.4, 0.5) is 13.2 Å². The van der Waals surface area contributed by atoms with Crippen molar-refractivity contribution in [1.82, 2.24) is 14.6 Å². The van der Waals surface area contributed by atoms with Crippen LogP contribution in [0.25, 0.3) is 11.3 Å². The van der Waals surface area contributed by atoms with E-state index in [4.69, 9.17) is 5.11 Å². The Kier molecular flexibility index (Phi) is 10.1. The van der Waals surface area contributed by atoms with Gasteiger partial charge in [0.1, 0.15) is 0 Å². The molecule has 0 radical (unpaired) electrons. The number of carbonyl (C=O) groups excluding carboxylic acids is 1. The minimum absolute atomic E-state index is 0.0897. The molecule has 1 aromatic heterocycles. The molecule has 1 saturated carbocycles. The second-order valence-corrected chi connectivity index (χ2v) is 13.6. The molecule has 1 heterocycles. The summed E-state index contributed by atoms with van der Waals surface area (Å²) >= 11 is 0.961. The molecule has 222 valence electrons. The molecule has 1 aliphatic carbocycles. The van der Waals surface area contributed by atoms with E-state index in [-0.39, 0.29) is 29.3 Å². The molecule has 0 atom stereocenters. The number of rotatable bonds is 10. The highest BCUT2D eigenvalue weighted by Crippen LogP contribution is 2.40. The molecule has 0 unspecified atom stereocenters. The summed E-state index contributed by atoms with van der Waals surface area (Å²) in [5, 5.41) is 12.0. The van der Waals surface area contributed by atoms with Crippen molar-refractivity contribution in [2.75, 3.05) is 6.54 Å². The number of hydrogen-bond donors (Lipinski definition) is 3. The molecule has 1 aromatic carbocycles. The average Bonchev–Trinajstić information content (AvgIpc) is 3.16. The number of aliphatic carboxylic acids is 1. The van der Waals surface area contributed by atoms with E-state index in [0.29, 0.717) is 35.0 Å². The number of benzene rings is 1. The van der Waals surface area contributed by atoms with Gasteiger partial charge in [-0.3, -0.25) is 14.3 Å². The van der Waals surface area contributed by atoms with Gasteiger partial charge in [-0.25, -0.2) is 0 Å². The van der Waals surface area contributed by atoms with E-state index in [1.54, 1.807) is 26.0 Å². The number of nitrogens with one attached hydrogen (secondary N) is 2. The summed E-state index contributed by atoms with van der Waals surface area (Å²) in [5.41, 5.74) is 0.295. The summed E-state index contributed by atoms with van der Waals surface area (Å²) in [4.78, 5) is 24.6. The molecule has 10 heteroatoms. The fourth-order valence-corrected chi connectivity index (χ4v) is 5.91. The van der Waals surface area contributed by atoms with Gasteiger partial charge in [0, 0.05) is 34.9 Å². The lowest BCUT2D eigenvalue weighted by Crippen LogP contribution is -2.35. The van der Waals surface area contributed by atoms with Crippen molar-refractivity contribution in [2.24, 2.45) is 11.3 Å². The second-order valence-electron chi connectivity index (χ2n) is 12.7. The van der Waals surface area contributed by atoms with E-state index >= 15 is 0 Å². The van der Waals surface area contributed by atoms with E-state index in [1.807, 2.05) is 32.3 Å². The Balaban J connectivity index is 2.02. The van der Waals surface area contributed by atoms with Crippen LogP contribution in [0.15, 0.2) is 29.2 Å². The number of hydrogen-bond acceptors (Lipinski definition) is 4. The summed E-state index contributed by atoms with van der Waals surface area (Å²) in [6.45, 7) is 11.8. The Labute approximate surface area is 239 Å². The third-order valence-corrected chi connectivity index (χ3v) is 8.47. The van der Waals surface area contributed by atoms with Crippen molar-refractivity contribution in [3.05, 3.63) is 41.1 Å². The lowest BCUT2D eigenvalue weighted by molar-refractivity contribution is -0.140. The summed E-state index contributed by atoms with van der Waals surface area (Å²) in [7, 11) is 0. The topological polar surface area (TPSA) is 83.4 Å². The van der Waals surface area contributed by atoms with Crippen LogP contribution in [0.2, 0.25) is 0 Å². The third kappa shape index (κ3) is 8.77. The van der Waals surface area contributed by atoms with Gasteiger partial charge in [-0.2, -0.15) is 13.2 Å². The molecule has 0 aliphatic heterocycles. The molecule has 1 aliphatic rings. The van der Waals surface area contributed by atoms with Gasteiger partial charge in [0.2, 0.25) is 0 Å². The van der Waals surface area contributed by atoms with Gasteiger partial charge < -0.3 is 15.0 Å².